The topological polar surface area (TPSA) is 50.2 Å². The molecule has 1 saturated heterocycles. The van der Waals surface area contributed by atoms with Gasteiger partial charge in [0.15, 0.2) is 0 Å². The van der Waals surface area contributed by atoms with Crippen molar-refractivity contribution in [1.29, 1.82) is 0 Å². The Morgan fingerprint density at radius 3 is 2.83 bits per heavy atom. The number of likely N-dealkylation sites (tertiary alicyclic amines) is 1. The van der Waals surface area contributed by atoms with Crippen molar-refractivity contribution in [3.05, 3.63) is 53.9 Å². The number of carbonyl (C=O) groups excluding carboxylic acids is 1. The Balaban J connectivity index is 1.62. The van der Waals surface area contributed by atoms with E-state index in [-0.39, 0.29) is 11.9 Å². The third-order valence-electron chi connectivity index (χ3n) is 4.79. The quantitative estimate of drug-likeness (QED) is 0.918. The molecular formula is C19H26N4O. The van der Waals surface area contributed by atoms with Gasteiger partial charge in [-0.25, -0.2) is 0 Å². The highest BCUT2D eigenvalue weighted by Gasteiger charge is 2.24. The Bertz CT molecular complexity index is 653. The lowest BCUT2D eigenvalue weighted by atomic mass is 10.1. The second-order valence-electron chi connectivity index (χ2n) is 6.54. The fourth-order valence-electron chi connectivity index (χ4n) is 3.34. The molecule has 1 aromatic heterocycles. The van der Waals surface area contributed by atoms with E-state index >= 15 is 0 Å². The zero-order valence-electron chi connectivity index (χ0n) is 14.3. The Morgan fingerprint density at radius 1 is 1.21 bits per heavy atom. The number of nitrogens with zero attached hydrogens (tertiary/aromatic N) is 3. The minimum atomic E-state index is 0.00535. The van der Waals surface area contributed by atoms with Gasteiger partial charge in [0.05, 0.1) is 12.6 Å². The molecule has 1 aliphatic rings. The van der Waals surface area contributed by atoms with E-state index in [2.05, 4.69) is 34.5 Å². The SMILES string of the molecule is CN1CCCCCC1C(=O)NCc1ccccc1Cn1cccn1. The van der Waals surface area contributed by atoms with Gasteiger partial charge < -0.3 is 5.32 Å². The summed E-state index contributed by atoms with van der Waals surface area (Å²) in [5.41, 5.74) is 2.34. The summed E-state index contributed by atoms with van der Waals surface area (Å²) >= 11 is 0. The van der Waals surface area contributed by atoms with Crippen LogP contribution in [0.15, 0.2) is 42.7 Å². The van der Waals surface area contributed by atoms with Crippen LogP contribution in [0.5, 0.6) is 0 Å². The molecule has 1 amide bonds. The van der Waals surface area contributed by atoms with Crippen molar-refractivity contribution in [1.82, 2.24) is 20.0 Å². The lowest BCUT2D eigenvalue weighted by Gasteiger charge is -2.24. The highest BCUT2D eigenvalue weighted by Crippen LogP contribution is 2.16. The Labute approximate surface area is 143 Å². The van der Waals surface area contributed by atoms with Crippen LogP contribution in [0.1, 0.15) is 36.8 Å². The van der Waals surface area contributed by atoms with E-state index in [1.54, 1.807) is 6.20 Å². The summed E-state index contributed by atoms with van der Waals surface area (Å²) in [7, 11) is 2.06. The summed E-state index contributed by atoms with van der Waals surface area (Å²) in [5.74, 6) is 0.147. The monoisotopic (exact) mass is 326 g/mol. The summed E-state index contributed by atoms with van der Waals surface area (Å²) in [6.07, 6.45) is 8.24. The fraction of sp³-hybridized carbons (Fsp3) is 0.474. The van der Waals surface area contributed by atoms with E-state index in [1.807, 2.05) is 29.1 Å². The molecule has 24 heavy (non-hydrogen) atoms. The molecule has 1 N–H and O–H groups in total. The lowest BCUT2D eigenvalue weighted by Crippen LogP contribution is -2.44. The van der Waals surface area contributed by atoms with Crippen LogP contribution in [-0.4, -0.2) is 40.2 Å². The average Bonchev–Trinajstić information content (AvgIpc) is 3.00. The molecule has 2 aromatic rings. The molecule has 5 nitrogen and oxygen atoms in total. The maximum atomic E-state index is 12.6. The molecule has 3 rings (SSSR count). The van der Waals surface area contributed by atoms with Gasteiger partial charge in [0.25, 0.3) is 0 Å². The fourth-order valence-corrected chi connectivity index (χ4v) is 3.34. The van der Waals surface area contributed by atoms with E-state index < -0.39 is 0 Å². The van der Waals surface area contributed by atoms with Crippen molar-refractivity contribution in [3.63, 3.8) is 0 Å². The van der Waals surface area contributed by atoms with Gasteiger partial charge in [-0.1, -0.05) is 37.1 Å². The number of nitrogens with one attached hydrogen (secondary N) is 1. The summed E-state index contributed by atoms with van der Waals surface area (Å²) < 4.78 is 1.90. The third-order valence-corrected chi connectivity index (χ3v) is 4.79. The zero-order chi connectivity index (χ0) is 16.8. The minimum absolute atomic E-state index is 0.00535. The van der Waals surface area contributed by atoms with Crippen LogP contribution in [-0.2, 0) is 17.9 Å². The number of aromatic nitrogens is 2. The molecule has 2 heterocycles. The van der Waals surface area contributed by atoms with Crippen molar-refractivity contribution < 1.29 is 4.79 Å². The van der Waals surface area contributed by atoms with Gasteiger partial charge >= 0.3 is 0 Å². The predicted octanol–water partition coefficient (Wildman–Crippen LogP) is 2.42. The van der Waals surface area contributed by atoms with Crippen LogP contribution in [0.3, 0.4) is 0 Å². The summed E-state index contributed by atoms with van der Waals surface area (Å²) in [6, 6.07) is 10.2. The first-order valence-corrected chi connectivity index (χ1v) is 8.76. The highest BCUT2D eigenvalue weighted by molar-refractivity contribution is 5.81. The van der Waals surface area contributed by atoms with Gasteiger partial charge in [-0.3, -0.25) is 14.4 Å². The maximum absolute atomic E-state index is 12.6. The summed E-state index contributed by atoms with van der Waals surface area (Å²) in [4.78, 5) is 14.8. The standard InChI is InChI=1S/C19H26N4O/c1-22-12-6-2-3-10-18(22)19(24)20-14-16-8-4-5-9-17(16)15-23-13-7-11-21-23/h4-5,7-9,11,13,18H,2-3,6,10,12,14-15H2,1H3,(H,20,24). The van der Waals surface area contributed by atoms with Gasteiger partial charge in [0.1, 0.15) is 0 Å². The van der Waals surface area contributed by atoms with Crippen LogP contribution in [0.2, 0.25) is 0 Å². The van der Waals surface area contributed by atoms with E-state index in [0.717, 1.165) is 31.5 Å². The molecule has 0 bridgehead atoms. The minimum Gasteiger partial charge on any atom is -0.351 e. The molecule has 1 aromatic carbocycles. The molecule has 1 aliphatic heterocycles. The number of amides is 1. The first kappa shape index (κ1) is 16.7. The molecule has 0 spiro atoms. The van der Waals surface area contributed by atoms with Gasteiger partial charge in [-0.2, -0.15) is 5.10 Å². The van der Waals surface area contributed by atoms with Crippen LogP contribution in [0, 0.1) is 0 Å². The van der Waals surface area contributed by atoms with E-state index in [4.69, 9.17) is 0 Å². The molecular weight excluding hydrogens is 300 g/mol. The smallest absolute Gasteiger partial charge is 0.237 e. The molecule has 0 saturated carbocycles. The summed E-state index contributed by atoms with van der Waals surface area (Å²) in [6.45, 7) is 2.30. The van der Waals surface area contributed by atoms with Gasteiger partial charge in [-0.05, 0) is 43.6 Å². The second kappa shape index (κ2) is 8.11. The van der Waals surface area contributed by atoms with E-state index in [9.17, 15) is 4.79 Å². The van der Waals surface area contributed by atoms with Crippen LogP contribution in [0.4, 0.5) is 0 Å². The van der Waals surface area contributed by atoms with Crippen LogP contribution >= 0.6 is 0 Å². The van der Waals surface area contributed by atoms with Gasteiger partial charge in [0.2, 0.25) is 5.91 Å². The van der Waals surface area contributed by atoms with Gasteiger partial charge in [-0.15, -0.1) is 0 Å². The third kappa shape index (κ3) is 4.23. The molecule has 0 radical (unpaired) electrons. The van der Waals surface area contributed by atoms with Crippen molar-refractivity contribution in [2.45, 2.75) is 44.8 Å². The first-order valence-electron chi connectivity index (χ1n) is 8.76. The molecule has 1 unspecified atom stereocenters. The normalized spacial score (nSPS) is 19.0. The largest absolute Gasteiger partial charge is 0.351 e. The summed E-state index contributed by atoms with van der Waals surface area (Å²) in [5, 5.41) is 7.40. The molecule has 0 aliphatic carbocycles. The highest BCUT2D eigenvalue weighted by atomic mass is 16.2. The molecule has 1 atom stereocenters. The number of benzene rings is 1. The van der Waals surface area contributed by atoms with E-state index in [1.165, 1.54) is 18.4 Å². The molecule has 1 fully saturated rings. The molecule has 5 heteroatoms. The van der Waals surface area contributed by atoms with Crippen molar-refractivity contribution in [3.8, 4) is 0 Å². The molecule has 128 valence electrons. The Hall–Kier alpha value is -2.14. The van der Waals surface area contributed by atoms with Crippen LogP contribution < -0.4 is 5.32 Å². The average molecular weight is 326 g/mol. The van der Waals surface area contributed by atoms with Crippen LogP contribution in [0.25, 0.3) is 0 Å². The number of hydrogen-bond acceptors (Lipinski definition) is 3. The Morgan fingerprint density at radius 2 is 2.04 bits per heavy atom. The zero-order valence-corrected chi connectivity index (χ0v) is 14.3. The van der Waals surface area contributed by atoms with Gasteiger partial charge in [0, 0.05) is 18.9 Å². The van der Waals surface area contributed by atoms with Crippen molar-refractivity contribution >= 4 is 5.91 Å². The van der Waals surface area contributed by atoms with Crippen molar-refractivity contribution in [2.24, 2.45) is 0 Å². The first-order chi connectivity index (χ1) is 11.7. The number of hydrogen-bond donors (Lipinski definition) is 1. The van der Waals surface area contributed by atoms with E-state index in [0.29, 0.717) is 6.54 Å². The Kier molecular flexibility index (Phi) is 5.64. The number of rotatable bonds is 5. The van der Waals surface area contributed by atoms with Crippen molar-refractivity contribution in [2.75, 3.05) is 13.6 Å². The second-order valence-corrected chi connectivity index (χ2v) is 6.54. The lowest BCUT2D eigenvalue weighted by molar-refractivity contribution is -0.126. The number of carbonyl (C=O) groups is 1. The predicted molar refractivity (Wildman–Crippen MR) is 94.5 cm³/mol. The number of likely N-dealkylation sites (N-methyl/N-ethyl adjacent to an activating group) is 1. The maximum Gasteiger partial charge on any atom is 0.237 e.